The van der Waals surface area contributed by atoms with Crippen LogP contribution in [0, 0.1) is 0 Å². The van der Waals surface area contributed by atoms with Gasteiger partial charge in [0, 0.05) is 18.8 Å². The molecule has 0 saturated heterocycles. The number of aryl methyl sites for hydroxylation is 1. The van der Waals surface area contributed by atoms with Gasteiger partial charge in [-0.1, -0.05) is 0 Å². The summed E-state index contributed by atoms with van der Waals surface area (Å²) in [7, 11) is 1.35. The molecule has 2 rings (SSSR count). The van der Waals surface area contributed by atoms with Crippen LogP contribution in [-0.4, -0.2) is 15.9 Å². The molecule has 2 aromatic rings. The SMILES string of the molecule is Cn1cc(C(F)(F)F)nc1-c1ccc(OC(F)(F)F)c(Br)c1. The highest BCUT2D eigenvalue weighted by Crippen LogP contribution is 2.35. The second kappa shape index (κ2) is 5.49. The largest absolute Gasteiger partial charge is 0.573 e. The second-order valence-corrected chi connectivity index (χ2v) is 5.11. The Hall–Kier alpha value is -1.71. The summed E-state index contributed by atoms with van der Waals surface area (Å²) < 4.78 is 79.1. The number of halogens is 7. The maximum atomic E-state index is 12.6. The fourth-order valence-corrected chi connectivity index (χ4v) is 2.18. The fourth-order valence-electron chi connectivity index (χ4n) is 1.72. The number of ether oxygens (including phenoxy) is 1. The lowest BCUT2D eigenvalue weighted by molar-refractivity contribution is -0.274. The summed E-state index contributed by atoms with van der Waals surface area (Å²) in [4.78, 5) is 3.45. The van der Waals surface area contributed by atoms with Gasteiger partial charge in [0.25, 0.3) is 0 Å². The lowest BCUT2D eigenvalue weighted by atomic mass is 10.2. The molecule has 0 fully saturated rings. The molecule has 3 nitrogen and oxygen atoms in total. The van der Waals surface area contributed by atoms with Crippen LogP contribution in [0.4, 0.5) is 26.3 Å². The molecule has 1 heterocycles. The Bertz CT molecular complexity index is 692. The van der Waals surface area contributed by atoms with Crippen LogP contribution in [-0.2, 0) is 13.2 Å². The van der Waals surface area contributed by atoms with Gasteiger partial charge >= 0.3 is 12.5 Å². The molecule has 0 aliphatic carbocycles. The van der Waals surface area contributed by atoms with Crippen molar-refractivity contribution >= 4 is 15.9 Å². The molecule has 0 spiro atoms. The molecule has 1 aromatic carbocycles. The third kappa shape index (κ3) is 3.73. The van der Waals surface area contributed by atoms with Gasteiger partial charge in [-0.3, -0.25) is 0 Å². The summed E-state index contributed by atoms with van der Waals surface area (Å²) >= 11 is 2.88. The van der Waals surface area contributed by atoms with Crippen LogP contribution in [0.25, 0.3) is 11.4 Å². The van der Waals surface area contributed by atoms with Crippen LogP contribution < -0.4 is 4.74 Å². The van der Waals surface area contributed by atoms with E-state index in [1.165, 1.54) is 19.2 Å². The Kier molecular flexibility index (Phi) is 4.16. The highest BCUT2D eigenvalue weighted by Gasteiger charge is 2.35. The molecule has 0 saturated carbocycles. The molecule has 0 radical (unpaired) electrons. The molecule has 1 aromatic heterocycles. The van der Waals surface area contributed by atoms with Crippen LogP contribution in [0.1, 0.15) is 5.69 Å². The average Bonchev–Trinajstić information content (AvgIpc) is 2.72. The Balaban J connectivity index is 2.39. The Morgan fingerprint density at radius 2 is 1.77 bits per heavy atom. The smallest absolute Gasteiger partial charge is 0.405 e. The second-order valence-electron chi connectivity index (χ2n) is 4.25. The van der Waals surface area contributed by atoms with E-state index in [1.54, 1.807) is 0 Å². The first-order valence-electron chi connectivity index (χ1n) is 5.63. The molecule has 0 amide bonds. The average molecular weight is 389 g/mol. The van der Waals surface area contributed by atoms with Crippen LogP contribution in [0.2, 0.25) is 0 Å². The first kappa shape index (κ1) is 16.7. The van der Waals surface area contributed by atoms with Gasteiger partial charge in [-0.05, 0) is 34.1 Å². The molecule has 0 N–H and O–H groups in total. The third-order valence-electron chi connectivity index (χ3n) is 2.58. The zero-order chi connectivity index (χ0) is 16.7. The maximum absolute atomic E-state index is 12.6. The van der Waals surface area contributed by atoms with Gasteiger partial charge in [-0.25, -0.2) is 4.98 Å². The topological polar surface area (TPSA) is 27.1 Å². The molecule has 0 atom stereocenters. The van der Waals surface area contributed by atoms with Crippen molar-refractivity contribution in [1.29, 1.82) is 0 Å². The first-order valence-corrected chi connectivity index (χ1v) is 6.43. The summed E-state index contributed by atoms with van der Waals surface area (Å²) in [6.45, 7) is 0. The van der Waals surface area contributed by atoms with Crippen LogP contribution >= 0.6 is 15.9 Å². The van der Waals surface area contributed by atoms with Crippen molar-refractivity contribution in [2.24, 2.45) is 7.05 Å². The fraction of sp³-hybridized carbons (Fsp3) is 0.250. The van der Waals surface area contributed by atoms with Crippen LogP contribution in [0.3, 0.4) is 0 Å². The van der Waals surface area contributed by atoms with E-state index in [0.29, 0.717) is 0 Å². The quantitative estimate of drug-likeness (QED) is 0.693. The number of rotatable bonds is 2. The van der Waals surface area contributed by atoms with Crippen molar-refractivity contribution in [3.63, 3.8) is 0 Å². The lowest BCUT2D eigenvalue weighted by Crippen LogP contribution is -2.17. The summed E-state index contributed by atoms with van der Waals surface area (Å²) in [5, 5.41) is 0. The highest BCUT2D eigenvalue weighted by atomic mass is 79.9. The predicted molar refractivity (Wildman–Crippen MR) is 68.0 cm³/mol. The Labute approximate surface area is 128 Å². The van der Waals surface area contributed by atoms with Crippen molar-refractivity contribution in [1.82, 2.24) is 9.55 Å². The Morgan fingerprint density at radius 3 is 2.23 bits per heavy atom. The minimum atomic E-state index is -4.86. The van der Waals surface area contributed by atoms with Gasteiger partial charge in [0.2, 0.25) is 0 Å². The number of hydrogen-bond donors (Lipinski definition) is 0. The maximum Gasteiger partial charge on any atom is 0.573 e. The van der Waals surface area contributed by atoms with E-state index in [9.17, 15) is 26.3 Å². The minimum Gasteiger partial charge on any atom is -0.405 e. The number of alkyl halides is 6. The summed E-state index contributed by atoms with van der Waals surface area (Å²) in [5.74, 6) is -0.534. The van der Waals surface area contributed by atoms with E-state index >= 15 is 0 Å². The van der Waals surface area contributed by atoms with E-state index in [1.807, 2.05) is 0 Å². The Morgan fingerprint density at radius 1 is 1.14 bits per heavy atom. The number of hydrogen-bond acceptors (Lipinski definition) is 2. The summed E-state index contributed by atoms with van der Waals surface area (Å²) in [6.07, 6.45) is -8.67. The molecule has 120 valence electrons. The molecule has 10 heteroatoms. The molecular formula is C12H7BrF6N2O. The van der Waals surface area contributed by atoms with E-state index in [4.69, 9.17) is 0 Å². The molecular weight excluding hydrogens is 382 g/mol. The van der Waals surface area contributed by atoms with Gasteiger partial charge in [0.1, 0.15) is 11.6 Å². The normalized spacial score (nSPS) is 12.5. The monoisotopic (exact) mass is 388 g/mol. The van der Waals surface area contributed by atoms with Gasteiger partial charge in [0.05, 0.1) is 4.47 Å². The number of benzene rings is 1. The third-order valence-corrected chi connectivity index (χ3v) is 3.20. The van der Waals surface area contributed by atoms with E-state index in [0.717, 1.165) is 16.8 Å². The highest BCUT2D eigenvalue weighted by molar-refractivity contribution is 9.10. The van der Waals surface area contributed by atoms with E-state index < -0.39 is 24.0 Å². The first-order chi connectivity index (χ1) is 9.97. The summed E-state index contributed by atoms with van der Waals surface area (Å²) in [6, 6.07) is 3.38. The number of imidazole rings is 1. The van der Waals surface area contributed by atoms with Crippen molar-refractivity contribution in [2.45, 2.75) is 12.5 Å². The van der Waals surface area contributed by atoms with Crippen molar-refractivity contribution in [3.8, 4) is 17.1 Å². The van der Waals surface area contributed by atoms with E-state index in [-0.39, 0.29) is 15.9 Å². The zero-order valence-electron chi connectivity index (χ0n) is 10.8. The predicted octanol–water partition coefficient (Wildman–Crippen LogP) is 4.77. The molecule has 0 aliphatic rings. The minimum absolute atomic E-state index is 0.0356. The standard InChI is InChI=1S/C12H7BrF6N2O/c1-21-5-9(11(14,15)16)20-10(21)6-2-3-8(7(13)4-6)22-12(17,18)19/h2-5H,1H3. The molecule has 22 heavy (non-hydrogen) atoms. The van der Waals surface area contributed by atoms with Crippen LogP contribution in [0.5, 0.6) is 5.75 Å². The number of aromatic nitrogens is 2. The lowest BCUT2D eigenvalue weighted by Gasteiger charge is -2.11. The zero-order valence-corrected chi connectivity index (χ0v) is 12.3. The van der Waals surface area contributed by atoms with E-state index in [2.05, 4.69) is 25.7 Å². The molecule has 0 aliphatic heterocycles. The van der Waals surface area contributed by atoms with Crippen molar-refractivity contribution in [2.75, 3.05) is 0 Å². The molecule has 0 bridgehead atoms. The van der Waals surface area contributed by atoms with Gasteiger partial charge < -0.3 is 9.30 Å². The number of nitrogens with zero attached hydrogens (tertiary/aromatic N) is 2. The van der Waals surface area contributed by atoms with Crippen molar-refractivity contribution in [3.05, 3.63) is 34.6 Å². The van der Waals surface area contributed by atoms with Crippen molar-refractivity contribution < 1.29 is 31.1 Å². The van der Waals surface area contributed by atoms with Gasteiger partial charge in [-0.2, -0.15) is 13.2 Å². The van der Waals surface area contributed by atoms with Gasteiger partial charge in [0.15, 0.2) is 5.69 Å². The summed E-state index contributed by atoms with van der Waals surface area (Å²) in [5.41, 5.74) is -0.879. The van der Waals surface area contributed by atoms with Crippen LogP contribution in [0.15, 0.2) is 28.9 Å². The van der Waals surface area contributed by atoms with Gasteiger partial charge in [-0.15, -0.1) is 13.2 Å². The molecule has 0 unspecified atom stereocenters.